The lowest BCUT2D eigenvalue weighted by atomic mass is 10.1. The van der Waals surface area contributed by atoms with Gasteiger partial charge in [0.05, 0.1) is 17.2 Å². The van der Waals surface area contributed by atoms with Gasteiger partial charge in [-0.15, -0.1) is 0 Å². The molecule has 1 aromatic rings. The van der Waals surface area contributed by atoms with Crippen LogP contribution >= 0.6 is 11.6 Å². The Morgan fingerprint density at radius 2 is 2.05 bits per heavy atom. The molecule has 7 heteroatoms. The molecule has 0 aliphatic heterocycles. The summed E-state index contributed by atoms with van der Waals surface area (Å²) in [5, 5.41) is 3.26. The van der Waals surface area contributed by atoms with Crippen molar-refractivity contribution < 1.29 is 22.7 Å². The highest BCUT2D eigenvalue weighted by atomic mass is 35.5. The molecule has 0 radical (unpaired) electrons. The van der Waals surface area contributed by atoms with Gasteiger partial charge in [-0.05, 0) is 24.6 Å². The highest BCUT2D eigenvalue weighted by molar-refractivity contribution is 6.31. The van der Waals surface area contributed by atoms with Gasteiger partial charge in [0.25, 0.3) is 0 Å². The Kier molecular flexibility index (Phi) is 5.47. The van der Waals surface area contributed by atoms with E-state index in [4.69, 9.17) is 21.2 Å². The Labute approximate surface area is 113 Å². The van der Waals surface area contributed by atoms with E-state index in [0.29, 0.717) is 18.1 Å². The van der Waals surface area contributed by atoms with Gasteiger partial charge in [-0.2, -0.15) is 13.2 Å². The molecule has 0 saturated heterocycles. The number of hydrogen-bond donors (Lipinski definition) is 0. The zero-order chi connectivity index (χ0) is 14.5. The predicted molar refractivity (Wildman–Crippen MR) is 66.0 cm³/mol. The summed E-state index contributed by atoms with van der Waals surface area (Å²) in [6.07, 6.45) is -4.49. The first kappa shape index (κ1) is 15.6. The highest BCUT2D eigenvalue weighted by Crippen LogP contribution is 2.35. The molecule has 0 aliphatic rings. The quantitative estimate of drug-likeness (QED) is 0.472. The summed E-state index contributed by atoms with van der Waals surface area (Å²) in [4.78, 5) is 4.89. The van der Waals surface area contributed by atoms with Gasteiger partial charge in [0.2, 0.25) is 5.90 Å². The fraction of sp³-hybridized carbons (Fsp3) is 0.417. The highest BCUT2D eigenvalue weighted by Gasteiger charge is 2.33. The summed E-state index contributed by atoms with van der Waals surface area (Å²) >= 11 is 5.50. The summed E-state index contributed by atoms with van der Waals surface area (Å²) in [6.45, 7) is 3.73. The zero-order valence-electron chi connectivity index (χ0n) is 10.4. The van der Waals surface area contributed by atoms with Crippen molar-refractivity contribution in [2.45, 2.75) is 26.6 Å². The molecule has 0 heterocycles. The van der Waals surface area contributed by atoms with Crippen molar-refractivity contribution >= 4 is 17.5 Å². The van der Waals surface area contributed by atoms with Gasteiger partial charge in [-0.25, -0.2) is 0 Å². The maximum atomic E-state index is 12.6. The number of ether oxygens (including phenoxy) is 1. The van der Waals surface area contributed by atoms with Crippen molar-refractivity contribution in [2.75, 3.05) is 6.61 Å². The minimum Gasteiger partial charge on any atom is -0.479 e. The van der Waals surface area contributed by atoms with Crippen LogP contribution in [0.4, 0.5) is 13.2 Å². The average Bonchev–Trinajstić information content (AvgIpc) is 2.30. The Morgan fingerprint density at radius 1 is 1.37 bits per heavy atom. The molecule has 3 nitrogen and oxygen atoms in total. The van der Waals surface area contributed by atoms with E-state index in [1.165, 1.54) is 12.1 Å². The Morgan fingerprint density at radius 3 is 2.63 bits per heavy atom. The van der Waals surface area contributed by atoms with Crippen molar-refractivity contribution in [3.8, 4) is 0 Å². The van der Waals surface area contributed by atoms with Crippen LogP contribution in [-0.2, 0) is 22.4 Å². The van der Waals surface area contributed by atoms with E-state index < -0.39 is 11.7 Å². The number of hydrogen-bond acceptors (Lipinski definition) is 3. The Hall–Kier alpha value is -1.43. The van der Waals surface area contributed by atoms with Crippen LogP contribution in [0.1, 0.15) is 25.0 Å². The van der Waals surface area contributed by atoms with Crippen LogP contribution in [0.2, 0.25) is 5.02 Å². The Bertz CT molecular complexity index is 461. The van der Waals surface area contributed by atoms with E-state index >= 15 is 0 Å². The molecular formula is C12H13ClF3NO2. The number of benzene rings is 1. The minimum absolute atomic E-state index is 0.0926. The normalized spacial score (nSPS) is 12.4. The van der Waals surface area contributed by atoms with Gasteiger partial charge in [0.1, 0.15) is 6.61 Å². The van der Waals surface area contributed by atoms with Gasteiger partial charge in [-0.3, -0.25) is 0 Å². The van der Waals surface area contributed by atoms with E-state index in [9.17, 15) is 13.2 Å². The monoisotopic (exact) mass is 295 g/mol. The van der Waals surface area contributed by atoms with Crippen molar-refractivity contribution in [3.63, 3.8) is 0 Å². The van der Waals surface area contributed by atoms with Crippen LogP contribution in [0.15, 0.2) is 23.4 Å². The maximum absolute atomic E-state index is 12.6. The zero-order valence-corrected chi connectivity index (χ0v) is 11.2. The van der Waals surface area contributed by atoms with Gasteiger partial charge in [-0.1, -0.05) is 22.8 Å². The first-order valence-electron chi connectivity index (χ1n) is 5.49. The second kappa shape index (κ2) is 6.65. The molecule has 0 unspecified atom stereocenters. The molecule has 1 aromatic carbocycles. The van der Waals surface area contributed by atoms with E-state index in [0.717, 1.165) is 6.07 Å². The maximum Gasteiger partial charge on any atom is 0.417 e. The van der Waals surface area contributed by atoms with E-state index in [-0.39, 0.29) is 11.6 Å². The molecule has 106 valence electrons. The summed E-state index contributed by atoms with van der Waals surface area (Å²) in [6, 6.07) is 3.57. The van der Waals surface area contributed by atoms with Gasteiger partial charge in [0, 0.05) is 6.92 Å². The standard InChI is InChI=1S/C12H13ClF3NO2/c1-3-18-8(2)17-19-7-9-4-5-11(13)10(6-9)12(14,15)16/h4-6H,3,7H2,1-2H3. The minimum atomic E-state index is -4.49. The van der Waals surface area contributed by atoms with Gasteiger partial charge in [0.15, 0.2) is 0 Å². The number of oxime groups is 1. The molecule has 19 heavy (non-hydrogen) atoms. The van der Waals surface area contributed by atoms with Crippen LogP contribution in [-0.4, -0.2) is 12.5 Å². The Balaban J connectivity index is 2.73. The molecular weight excluding hydrogens is 283 g/mol. The second-order valence-corrected chi connectivity index (χ2v) is 4.04. The third-order valence-corrected chi connectivity index (χ3v) is 2.44. The number of halogens is 4. The summed E-state index contributed by atoms with van der Waals surface area (Å²) in [7, 11) is 0. The van der Waals surface area contributed by atoms with E-state index in [2.05, 4.69) is 5.16 Å². The molecule has 0 N–H and O–H groups in total. The summed E-state index contributed by atoms with van der Waals surface area (Å²) in [5.74, 6) is 0.313. The number of alkyl halides is 3. The molecule has 0 fully saturated rings. The first-order valence-corrected chi connectivity index (χ1v) is 5.87. The molecule has 0 atom stereocenters. The first-order chi connectivity index (χ1) is 8.84. The molecule has 1 rings (SSSR count). The largest absolute Gasteiger partial charge is 0.479 e. The van der Waals surface area contributed by atoms with Gasteiger partial charge < -0.3 is 9.57 Å². The van der Waals surface area contributed by atoms with Crippen molar-refractivity contribution in [3.05, 3.63) is 34.3 Å². The molecule has 0 saturated carbocycles. The van der Waals surface area contributed by atoms with Crippen LogP contribution in [0.5, 0.6) is 0 Å². The van der Waals surface area contributed by atoms with Crippen molar-refractivity contribution in [1.82, 2.24) is 0 Å². The lowest BCUT2D eigenvalue weighted by Crippen LogP contribution is -2.07. The van der Waals surface area contributed by atoms with Crippen LogP contribution < -0.4 is 0 Å². The fourth-order valence-electron chi connectivity index (χ4n) is 1.31. The molecule has 0 aliphatic carbocycles. The molecule has 0 amide bonds. The number of rotatable bonds is 4. The van der Waals surface area contributed by atoms with Gasteiger partial charge >= 0.3 is 6.18 Å². The summed E-state index contributed by atoms with van der Waals surface area (Å²) in [5.41, 5.74) is -0.564. The van der Waals surface area contributed by atoms with Crippen molar-refractivity contribution in [1.29, 1.82) is 0 Å². The SMILES string of the molecule is CCOC(C)=NOCc1ccc(Cl)c(C(F)(F)F)c1. The van der Waals surface area contributed by atoms with Crippen LogP contribution in [0.3, 0.4) is 0 Å². The van der Waals surface area contributed by atoms with Crippen LogP contribution in [0, 0.1) is 0 Å². The topological polar surface area (TPSA) is 30.8 Å². The predicted octanol–water partition coefficient (Wildman–Crippen LogP) is 4.25. The average molecular weight is 296 g/mol. The third-order valence-electron chi connectivity index (χ3n) is 2.11. The van der Waals surface area contributed by atoms with E-state index in [1.807, 2.05) is 0 Å². The van der Waals surface area contributed by atoms with E-state index in [1.54, 1.807) is 13.8 Å². The summed E-state index contributed by atoms with van der Waals surface area (Å²) < 4.78 is 42.8. The lowest BCUT2D eigenvalue weighted by molar-refractivity contribution is -0.137. The fourth-order valence-corrected chi connectivity index (χ4v) is 1.54. The third kappa shape index (κ3) is 4.98. The van der Waals surface area contributed by atoms with Crippen LogP contribution in [0.25, 0.3) is 0 Å². The van der Waals surface area contributed by atoms with Crippen molar-refractivity contribution in [2.24, 2.45) is 5.16 Å². The smallest absolute Gasteiger partial charge is 0.417 e. The molecule has 0 spiro atoms. The lowest BCUT2D eigenvalue weighted by Gasteiger charge is -2.10. The second-order valence-electron chi connectivity index (χ2n) is 3.63. The molecule has 0 aromatic heterocycles. The molecule has 0 bridgehead atoms. The number of nitrogens with zero attached hydrogens (tertiary/aromatic N) is 1.